The van der Waals surface area contributed by atoms with Gasteiger partial charge in [0.25, 0.3) is 0 Å². The second-order valence-electron chi connectivity index (χ2n) is 5.50. The molecule has 1 N–H and O–H groups in total. The van der Waals surface area contributed by atoms with E-state index >= 15 is 0 Å². The van der Waals surface area contributed by atoms with Gasteiger partial charge in [0, 0.05) is 22.9 Å². The molecule has 1 aromatic carbocycles. The predicted octanol–water partition coefficient (Wildman–Crippen LogP) is 3.94. The number of rotatable bonds is 5. The molecule has 106 valence electrons. The maximum absolute atomic E-state index is 5.51. The summed E-state index contributed by atoms with van der Waals surface area (Å²) in [6, 6.07) is 7.47. The van der Waals surface area contributed by atoms with Crippen molar-refractivity contribution in [2.24, 2.45) is 0 Å². The maximum Gasteiger partial charge on any atom is 0.123 e. The van der Waals surface area contributed by atoms with Crippen LogP contribution in [0.2, 0.25) is 0 Å². The Morgan fingerprint density at radius 2 is 2.16 bits per heavy atom. The van der Waals surface area contributed by atoms with Gasteiger partial charge in [0.05, 0.1) is 7.11 Å². The molecule has 0 amide bonds. The van der Waals surface area contributed by atoms with E-state index in [0.29, 0.717) is 12.1 Å². The molecular weight excluding hydrogens is 254 g/mol. The highest BCUT2D eigenvalue weighted by Crippen LogP contribution is 2.31. The number of hydrogen-bond donors (Lipinski definition) is 1. The van der Waals surface area contributed by atoms with Gasteiger partial charge in [-0.2, -0.15) is 11.8 Å². The van der Waals surface area contributed by atoms with Gasteiger partial charge in [-0.3, -0.25) is 0 Å². The van der Waals surface area contributed by atoms with Crippen LogP contribution in [-0.4, -0.2) is 24.7 Å². The van der Waals surface area contributed by atoms with Gasteiger partial charge in [0.15, 0.2) is 0 Å². The third kappa shape index (κ3) is 3.67. The highest BCUT2D eigenvalue weighted by Gasteiger charge is 2.25. The maximum atomic E-state index is 5.51. The Balaban J connectivity index is 2.02. The highest BCUT2D eigenvalue weighted by molar-refractivity contribution is 7.99. The van der Waals surface area contributed by atoms with E-state index in [9.17, 15) is 0 Å². The first-order chi connectivity index (χ1) is 9.13. The lowest BCUT2D eigenvalue weighted by Crippen LogP contribution is -2.29. The van der Waals surface area contributed by atoms with E-state index in [4.69, 9.17) is 4.74 Å². The normalized spacial score (nSPS) is 24.4. The Morgan fingerprint density at radius 3 is 2.79 bits per heavy atom. The van der Waals surface area contributed by atoms with Gasteiger partial charge in [0.2, 0.25) is 0 Å². The summed E-state index contributed by atoms with van der Waals surface area (Å²) in [6.45, 7) is 4.34. The van der Waals surface area contributed by atoms with E-state index in [0.717, 1.165) is 11.0 Å². The number of hydrogen-bond acceptors (Lipinski definition) is 3. The van der Waals surface area contributed by atoms with Crippen LogP contribution >= 0.6 is 11.8 Å². The molecule has 0 bridgehead atoms. The van der Waals surface area contributed by atoms with Crippen molar-refractivity contribution in [3.8, 4) is 5.75 Å². The molecule has 0 heterocycles. The van der Waals surface area contributed by atoms with Gasteiger partial charge >= 0.3 is 0 Å². The minimum Gasteiger partial charge on any atom is -0.496 e. The fraction of sp³-hybridized carbons (Fsp3) is 0.625. The molecule has 0 saturated heterocycles. The molecule has 1 fully saturated rings. The van der Waals surface area contributed by atoms with E-state index < -0.39 is 0 Å². The van der Waals surface area contributed by atoms with Crippen molar-refractivity contribution in [2.75, 3.05) is 13.4 Å². The predicted molar refractivity (Wildman–Crippen MR) is 84.2 cm³/mol. The average molecular weight is 279 g/mol. The van der Waals surface area contributed by atoms with Gasteiger partial charge in [-0.1, -0.05) is 12.1 Å². The van der Waals surface area contributed by atoms with Gasteiger partial charge in [-0.05, 0) is 51.0 Å². The van der Waals surface area contributed by atoms with Gasteiger partial charge < -0.3 is 10.1 Å². The van der Waals surface area contributed by atoms with Crippen molar-refractivity contribution >= 4 is 11.8 Å². The zero-order chi connectivity index (χ0) is 13.8. The quantitative estimate of drug-likeness (QED) is 0.882. The van der Waals surface area contributed by atoms with Gasteiger partial charge in [-0.15, -0.1) is 0 Å². The molecule has 19 heavy (non-hydrogen) atoms. The Labute approximate surface area is 121 Å². The Kier molecular flexibility index (Phi) is 5.17. The smallest absolute Gasteiger partial charge is 0.123 e. The Morgan fingerprint density at radius 1 is 1.37 bits per heavy atom. The Bertz CT molecular complexity index is 421. The van der Waals surface area contributed by atoms with E-state index in [1.54, 1.807) is 7.11 Å². The van der Waals surface area contributed by atoms with Crippen LogP contribution in [0.25, 0.3) is 0 Å². The number of nitrogens with one attached hydrogen (secondary N) is 1. The lowest BCUT2D eigenvalue weighted by atomic mass is 10.0. The number of benzene rings is 1. The molecule has 0 radical (unpaired) electrons. The number of methoxy groups -OCH3 is 1. The number of thioether (sulfide) groups is 1. The molecule has 3 unspecified atom stereocenters. The van der Waals surface area contributed by atoms with Crippen LogP contribution in [0.3, 0.4) is 0 Å². The summed E-state index contributed by atoms with van der Waals surface area (Å²) in [4.78, 5) is 0. The summed E-state index contributed by atoms with van der Waals surface area (Å²) in [5.41, 5.74) is 2.51. The van der Waals surface area contributed by atoms with Crippen LogP contribution in [0.4, 0.5) is 0 Å². The summed E-state index contributed by atoms with van der Waals surface area (Å²) in [5, 5.41) is 4.60. The largest absolute Gasteiger partial charge is 0.496 e. The van der Waals surface area contributed by atoms with Crippen molar-refractivity contribution in [1.29, 1.82) is 0 Å². The molecule has 3 heteroatoms. The van der Waals surface area contributed by atoms with E-state index in [-0.39, 0.29) is 0 Å². The van der Waals surface area contributed by atoms with Crippen LogP contribution in [-0.2, 0) is 0 Å². The number of aryl methyl sites for hydroxylation is 1. The minimum atomic E-state index is 0.348. The molecule has 1 aliphatic rings. The second-order valence-corrected chi connectivity index (χ2v) is 6.64. The molecule has 0 spiro atoms. The first kappa shape index (κ1) is 14.7. The zero-order valence-electron chi connectivity index (χ0n) is 12.4. The van der Waals surface area contributed by atoms with Crippen molar-refractivity contribution < 1.29 is 4.74 Å². The average Bonchev–Trinajstić information content (AvgIpc) is 2.86. The van der Waals surface area contributed by atoms with Gasteiger partial charge in [-0.25, -0.2) is 0 Å². The second kappa shape index (κ2) is 6.67. The lowest BCUT2D eigenvalue weighted by Gasteiger charge is -2.22. The monoisotopic (exact) mass is 279 g/mol. The minimum absolute atomic E-state index is 0.348. The van der Waals surface area contributed by atoms with Crippen LogP contribution in [0.15, 0.2) is 18.2 Å². The molecule has 2 rings (SSSR count). The first-order valence-corrected chi connectivity index (χ1v) is 8.36. The summed E-state index contributed by atoms with van der Waals surface area (Å²) in [5.74, 6) is 0.999. The number of ether oxygens (including phenoxy) is 1. The third-order valence-electron chi connectivity index (χ3n) is 4.06. The molecule has 0 aliphatic heterocycles. The van der Waals surface area contributed by atoms with Crippen LogP contribution in [0, 0.1) is 6.92 Å². The Hall–Kier alpha value is -0.670. The summed E-state index contributed by atoms with van der Waals surface area (Å²) in [6.07, 6.45) is 6.15. The highest BCUT2D eigenvalue weighted by atomic mass is 32.2. The van der Waals surface area contributed by atoms with Crippen LogP contribution in [0.1, 0.15) is 43.4 Å². The SMILES string of the molecule is COc1cc(C)ccc1C(C)NC1CCC(SC)C1. The molecule has 0 aromatic heterocycles. The lowest BCUT2D eigenvalue weighted by molar-refractivity contribution is 0.393. The standard InChI is InChI=1S/C16H25NOS/c1-11-5-8-15(16(9-11)18-3)12(2)17-13-6-7-14(10-13)19-4/h5,8-9,12-14,17H,6-7,10H2,1-4H3. The van der Waals surface area contributed by atoms with Crippen molar-refractivity contribution in [3.05, 3.63) is 29.3 Å². The van der Waals surface area contributed by atoms with E-state index in [2.05, 4.69) is 43.6 Å². The summed E-state index contributed by atoms with van der Waals surface area (Å²) in [7, 11) is 1.75. The molecule has 1 saturated carbocycles. The molecule has 1 aromatic rings. The van der Waals surface area contributed by atoms with Crippen molar-refractivity contribution in [2.45, 2.75) is 50.4 Å². The van der Waals surface area contributed by atoms with Crippen molar-refractivity contribution in [1.82, 2.24) is 5.32 Å². The summed E-state index contributed by atoms with van der Waals surface area (Å²) >= 11 is 2.00. The fourth-order valence-corrected chi connectivity index (χ4v) is 3.72. The van der Waals surface area contributed by atoms with Crippen LogP contribution < -0.4 is 10.1 Å². The molecular formula is C16H25NOS. The molecule has 1 aliphatic carbocycles. The third-order valence-corrected chi connectivity index (χ3v) is 5.15. The molecule has 3 atom stereocenters. The van der Waals surface area contributed by atoms with E-state index in [1.165, 1.54) is 30.4 Å². The molecule has 2 nitrogen and oxygen atoms in total. The van der Waals surface area contributed by atoms with Crippen molar-refractivity contribution in [3.63, 3.8) is 0 Å². The van der Waals surface area contributed by atoms with E-state index in [1.807, 2.05) is 11.8 Å². The zero-order valence-corrected chi connectivity index (χ0v) is 13.2. The first-order valence-electron chi connectivity index (χ1n) is 7.07. The fourth-order valence-electron chi connectivity index (χ4n) is 2.92. The summed E-state index contributed by atoms with van der Waals surface area (Å²) < 4.78 is 5.51. The topological polar surface area (TPSA) is 21.3 Å². The van der Waals surface area contributed by atoms with Crippen LogP contribution in [0.5, 0.6) is 5.75 Å². The van der Waals surface area contributed by atoms with Gasteiger partial charge in [0.1, 0.15) is 5.75 Å².